The van der Waals surface area contributed by atoms with E-state index in [1.807, 2.05) is 30.3 Å². The number of aromatic nitrogens is 3. The number of rotatable bonds is 4. The van der Waals surface area contributed by atoms with Crippen LogP contribution in [-0.4, -0.2) is 40.7 Å². The van der Waals surface area contributed by atoms with Gasteiger partial charge in [0, 0.05) is 29.4 Å². The van der Waals surface area contributed by atoms with Crippen molar-refractivity contribution in [3.63, 3.8) is 0 Å². The summed E-state index contributed by atoms with van der Waals surface area (Å²) in [6.07, 6.45) is 1.54. The van der Waals surface area contributed by atoms with Crippen LogP contribution in [0.5, 0.6) is 0 Å². The number of halogens is 1. The summed E-state index contributed by atoms with van der Waals surface area (Å²) in [6, 6.07) is 9.29. The predicted octanol–water partition coefficient (Wildman–Crippen LogP) is 1.25. The highest BCUT2D eigenvalue weighted by atomic mass is 35.5. The van der Waals surface area contributed by atoms with E-state index in [1.54, 1.807) is 10.7 Å². The zero-order chi connectivity index (χ0) is 14.8. The van der Waals surface area contributed by atoms with Gasteiger partial charge in [-0.15, -0.1) is 0 Å². The monoisotopic (exact) mass is 298 g/mol. The largest absolute Gasteiger partial charge is 0.395 e. The highest BCUT2D eigenvalue weighted by molar-refractivity contribution is 6.36. The lowest BCUT2D eigenvalue weighted by Gasteiger charge is -2.11. The Balaban J connectivity index is 2.19. The molecule has 0 saturated heterocycles. The molecular weight excluding hydrogens is 286 g/mol. The van der Waals surface area contributed by atoms with Crippen molar-refractivity contribution in [2.45, 2.75) is 0 Å². The maximum absolute atomic E-state index is 8.98. The SMILES string of the molecule is [B]c1cnn2c(NCCO)cc(-c3ccccc3Cl)nc12. The third-order valence-electron chi connectivity index (χ3n) is 3.07. The van der Waals surface area contributed by atoms with Gasteiger partial charge in [0.15, 0.2) is 5.65 Å². The molecule has 3 aromatic rings. The van der Waals surface area contributed by atoms with Crippen molar-refractivity contribution in [1.29, 1.82) is 0 Å². The standard InChI is InChI=1S/C14H12BClN4O/c15-10-8-18-20-13(17-5-6-21)7-12(19-14(10)20)9-3-1-2-4-11(9)16/h1-4,7-8,17,21H,5-6H2. The summed E-state index contributed by atoms with van der Waals surface area (Å²) in [5.41, 5.74) is 2.54. The average Bonchev–Trinajstić information content (AvgIpc) is 2.87. The van der Waals surface area contributed by atoms with Gasteiger partial charge >= 0.3 is 0 Å². The van der Waals surface area contributed by atoms with Crippen LogP contribution < -0.4 is 10.8 Å². The zero-order valence-electron chi connectivity index (χ0n) is 11.1. The first-order valence-electron chi connectivity index (χ1n) is 6.44. The fourth-order valence-corrected chi connectivity index (χ4v) is 2.33. The molecule has 21 heavy (non-hydrogen) atoms. The van der Waals surface area contributed by atoms with E-state index in [4.69, 9.17) is 24.6 Å². The molecule has 2 aromatic heterocycles. The molecule has 0 fully saturated rings. The van der Waals surface area contributed by atoms with Crippen LogP contribution in [0.25, 0.3) is 16.9 Å². The summed E-state index contributed by atoms with van der Waals surface area (Å²) in [7, 11) is 5.90. The van der Waals surface area contributed by atoms with Crippen molar-refractivity contribution < 1.29 is 5.11 Å². The van der Waals surface area contributed by atoms with E-state index < -0.39 is 0 Å². The second-order valence-electron chi connectivity index (χ2n) is 4.49. The molecule has 2 heterocycles. The summed E-state index contributed by atoms with van der Waals surface area (Å²) >= 11 is 6.23. The summed E-state index contributed by atoms with van der Waals surface area (Å²) in [4.78, 5) is 4.52. The normalized spacial score (nSPS) is 11.0. The van der Waals surface area contributed by atoms with E-state index >= 15 is 0 Å². The lowest BCUT2D eigenvalue weighted by atomic mass is 10.0. The van der Waals surface area contributed by atoms with Crippen molar-refractivity contribution in [3.05, 3.63) is 41.6 Å². The molecule has 0 aliphatic heterocycles. The minimum Gasteiger partial charge on any atom is -0.395 e. The Kier molecular flexibility index (Phi) is 3.81. The molecule has 0 aliphatic carbocycles. The number of hydrogen-bond acceptors (Lipinski definition) is 4. The number of nitrogens with zero attached hydrogens (tertiary/aromatic N) is 3. The van der Waals surface area contributed by atoms with E-state index in [0.29, 0.717) is 34.2 Å². The van der Waals surface area contributed by atoms with Gasteiger partial charge in [0.25, 0.3) is 0 Å². The molecule has 0 bridgehead atoms. The Morgan fingerprint density at radius 2 is 2.14 bits per heavy atom. The van der Waals surface area contributed by atoms with Gasteiger partial charge in [-0.1, -0.05) is 29.8 Å². The Morgan fingerprint density at radius 1 is 1.33 bits per heavy atom. The first kappa shape index (κ1) is 13.9. The molecule has 104 valence electrons. The van der Waals surface area contributed by atoms with Crippen molar-refractivity contribution in [2.24, 2.45) is 0 Å². The first-order chi connectivity index (χ1) is 10.2. The smallest absolute Gasteiger partial charge is 0.150 e. The van der Waals surface area contributed by atoms with E-state index in [9.17, 15) is 0 Å². The molecule has 0 atom stereocenters. The minimum atomic E-state index is 0.0159. The van der Waals surface area contributed by atoms with E-state index in [-0.39, 0.29) is 6.61 Å². The van der Waals surface area contributed by atoms with Crippen molar-refractivity contribution in [2.75, 3.05) is 18.5 Å². The predicted molar refractivity (Wildman–Crippen MR) is 84.4 cm³/mol. The maximum atomic E-state index is 8.98. The molecule has 2 N–H and O–H groups in total. The fraction of sp³-hybridized carbons (Fsp3) is 0.143. The summed E-state index contributed by atoms with van der Waals surface area (Å²) in [5, 5.41) is 16.9. The summed E-state index contributed by atoms with van der Waals surface area (Å²) in [5.74, 6) is 0.695. The number of anilines is 1. The molecule has 1 aromatic carbocycles. The Bertz CT molecular complexity index is 790. The van der Waals surface area contributed by atoms with Gasteiger partial charge in [-0.05, 0) is 11.5 Å². The third kappa shape index (κ3) is 2.60. The highest BCUT2D eigenvalue weighted by Crippen LogP contribution is 2.28. The van der Waals surface area contributed by atoms with Gasteiger partial charge in [0.1, 0.15) is 13.7 Å². The summed E-state index contributed by atoms with van der Waals surface area (Å²) < 4.78 is 1.60. The zero-order valence-corrected chi connectivity index (χ0v) is 11.9. The van der Waals surface area contributed by atoms with Crippen molar-refractivity contribution in [1.82, 2.24) is 14.6 Å². The fourth-order valence-electron chi connectivity index (χ4n) is 2.10. The molecule has 3 rings (SSSR count). The molecule has 0 unspecified atom stereocenters. The van der Waals surface area contributed by atoms with Crippen LogP contribution in [0.3, 0.4) is 0 Å². The van der Waals surface area contributed by atoms with Gasteiger partial charge in [-0.3, -0.25) is 0 Å². The lowest BCUT2D eigenvalue weighted by molar-refractivity contribution is 0.311. The first-order valence-corrected chi connectivity index (χ1v) is 6.82. The van der Waals surface area contributed by atoms with Gasteiger partial charge in [0.2, 0.25) is 0 Å². The van der Waals surface area contributed by atoms with Crippen molar-refractivity contribution in [3.8, 4) is 11.3 Å². The molecule has 0 spiro atoms. The molecule has 0 saturated carbocycles. The molecule has 2 radical (unpaired) electrons. The Labute approximate surface area is 128 Å². The number of benzene rings is 1. The van der Waals surface area contributed by atoms with Crippen LogP contribution in [0.15, 0.2) is 36.5 Å². The van der Waals surface area contributed by atoms with E-state index in [0.717, 1.165) is 5.56 Å². The molecular formula is C14H12BClN4O. The van der Waals surface area contributed by atoms with Crippen LogP contribution >= 0.6 is 11.6 Å². The van der Waals surface area contributed by atoms with Crippen LogP contribution in [0.4, 0.5) is 5.82 Å². The van der Waals surface area contributed by atoms with Crippen LogP contribution in [0, 0.1) is 0 Å². The molecule has 0 aliphatic rings. The maximum Gasteiger partial charge on any atom is 0.150 e. The number of aliphatic hydroxyl groups excluding tert-OH is 1. The summed E-state index contributed by atoms with van der Waals surface area (Å²) in [6.45, 7) is 0.419. The quantitative estimate of drug-likeness (QED) is 0.712. The second-order valence-corrected chi connectivity index (χ2v) is 4.90. The number of hydrogen-bond donors (Lipinski definition) is 2. The van der Waals surface area contributed by atoms with Crippen LogP contribution in [-0.2, 0) is 0 Å². The highest BCUT2D eigenvalue weighted by Gasteiger charge is 2.11. The number of fused-ring (bicyclic) bond motifs is 1. The number of aliphatic hydroxyl groups is 1. The van der Waals surface area contributed by atoms with Gasteiger partial charge in [-0.2, -0.15) is 9.61 Å². The molecule has 0 amide bonds. The number of nitrogens with one attached hydrogen (secondary N) is 1. The minimum absolute atomic E-state index is 0.0159. The Morgan fingerprint density at radius 3 is 2.90 bits per heavy atom. The van der Waals surface area contributed by atoms with Crippen LogP contribution in [0.2, 0.25) is 5.02 Å². The van der Waals surface area contributed by atoms with E-state index in [2.05, 4.69) is 15.4 Å². The Hall–Kier alpha value is -2.05. The second kappa shape index (κ2) is 5.75. The molecule has 5 nitrogen and oxygen atoms in total. The molecule has 7 heteroatoms. The van der Waals surface area contributed by atoms with Crippen molar-refractivity contribution >= 4 is 36.4 Å². The average molecular weight is 299 g/mol. The van der Waals surface area contributed by atoms with Gasteiger partial charge in [0.05, 0.1) is 12.3 Å². The topological polar surface area (TPSA) is 62.5 Å². The van der Waals surface area contributed by atoms with Gasteiger partial charge < -0.3 is 10.4 Å². The third-order valence-corrected chi connectivity index (χ3v) is 3.40. The van der Waals surface area contributed by atoms with Gasteiger partial charge in [-0.25, -0.2) is 4.98 Å². The van der Waals surface area contributed by atoms with Crippen LogP contribution in [0.1, 0.15) is 0 Å². The van der Waals surface area contributed by atoms with E-state index in [1.165, 1.54) is 0 Å². The lowest BCUT2D eigenvalue weighted by Crippen LogP contribution is -2.12.